The molecule has 0 aromatic heterocycles. The number of carboxylic acid groups (broad SMARTS) is 1. The molecule has 1 aromatic carbocycles. The first-order valence-electron chi connectivity index (χ1n) is 5.87. The zero-order valence-electron chi connectivity index (χ0n) is 13.0. The first-order chi connectivity index (χ1) is 8.87. The summed E-state index contributed by atoms with van der Waals surface area (Å²) in [6.45, 7) is 1.59. The summed E-state index contributed by atoms with van der Waals surface area (Å²) < 4.78 is 0. The van der Waals surface area contributed by atoms with E-state index in [0.717, 1.165) is 0 Å². The van der Waals surface area contributed by atoms with Gasteiger partial charge in [0.05, 0.1) is 27.1 Å². The van der Waals surface area contributed by atoms with E-state index < -0.39 is 23.3 Å². The molecule has 1 atom stereocenters. The summed E-state index contributed by atoms with van der Waals surface area (Å²) in [5.74, 6) is -1.94. The minimum absolute atomic E-state index is 0. The minimum Gasteiger partial charge on any atom is -1.00 e. The van der Waals surface area contributed by atoms with Crippen LogP contribution in [0, 0.1) is 5.92 Å². The van der Waals surface area contributed by atoms with E-state index in [2.05, 4.69) is 5.32 Å². The molecule has 1 aliphatic carbocycles. The molecule has 20 heavy (non-hydrogen) atoms. The fraction of sp³-hybridized carbons (Fsp3) is 0.385. The van der Waals surface area contributed by atoms with Gasteiger partial charge in [0.25, 0.3) is 5.91 Å². The molecule has 1 unspecified atom stereocenters. The maximum Gasteiger partial charge on any atom is 2.00 e. The van der Waals surface area contributed by atoms with Crippen LogP contribution in [0.2, 0.25) is 10.0 Å². The molecule has 0 spiro atoms. The van der Waals surface area contributed by atoms with E-state index in [-0.39, 0.29) is 51.2 Å². The van der Waals surface area contributed by atoms with Crippen molar-refractivity contribution in [2.45, 2.75) is 25.3 Å². The zero-order valence-corrected chi connectivity index (χ0v) is 14.7. The number of benzene rings is 1. The van der Waals surface area contributed by atoms with Crippen molar-refractivity contribution in [1.82, 2.24) is 5.32 Å². The van der Waals surface area contributed by atoms with E-state index >= 15 is 0 Å². The van der Waals surface area contributed by atoms with E-state index in [0.29, 0.717) is 17.9 Å². The maximum absolute atomic E-state index is 12.2. The third-order valence-corrected chi connectivity index (χ3v) is 4.37. The van der Waals surface area contributed by atoms with Crippen LogP contribution in [-0.4, -0.2) is 60.3 Å². The number of carbonyl (C=O) groups excluding carboxylic acids is 1. The number of aliphatic carboxylic acids is 1. The van der Waals surface area contributed by atoms with E-state index in [9.17, 15) is 9.59 Å². The van der Waals surface area contributed by atoms with E-state index in [1.807, 2.05) is 0 Å². The predicted octanol–water partition coefficient (Wildman–Crippen LogP) is 2.82. The van der Waals surface area contributed by atoms with Crippen LogP contribution in [0.3, 0.4) is 0 Å². The number of hydrogen-bond acceptors (Lipinski definition) is 2. The number of carboxylic acids is 1. The van der Waals surface area contributed by atoms with Crippen molar-refractivity contribution < 1.29 is 17.5 Å². The van der Waals surface area contributed by atoms with Crippen LogP contribution in [0.4, 0.5) is 0 Å². The van der Waals surface area contributed by atoms with Crippen molar-refractivity contribution in [3.05, 3.63) is 33.8 Å². The molecule has 0 saturated heterocycles. The fourth-order valence-electron chi connectivity index (χ4n) is 2.01. The first-order valence-corrected chi connectivity index (χ1v) is 6.62. The Hall–Kier alpha value is -0.000260. The molecule has 1 amide bonds. The predicted molar refractivity (Wildman–Crippen MR) is 80.7 cm³/mol. The van der Waals surface area contributed by atoms with Gasteiger partial charge >= 0.3 is 43.7 Å². The SMILES string of the molecule is CC(C(=O)O)C1(NC(=O)c2cccc(Cl)c2Cl)CC1.[Ca+2].[H-].[H-]. The van der Waals surface area contributed by atoms with Crippen molar-refractivity contribution in [3.8, 4) is 0 Å². The Kier molecular flexibility index (Phi) is 6.17. The van der Waals surface area contributed by atoms with Gasteiger partial charge in [0.2, 0.25) is 0 Å². The Morgan fingerprint density at radius 3 is 2.50 bits per heavy atom. The largest absolute Gasteiger partial charge is 2.00 e. The van der Waals surface area contributed by atoms with Gasteiger partial charge in [0, 0.05) is 0 Å². The summed E-state index contributed by atoms with van der Waals surface area (Å²) in [4.78, 5) is 23.2. The molecule has 0 bridgehead atoms. The Balaban J connectivity index is 0. The molecule has 1 saturated carbocycles. The molecule has 7 heteroatoms. The Morgan fingerprint density at radius 1 is 1.40 bits per heavy atom. The van der Waals surface area contributed by atoms with Crippen LogP contribution in [0.5, 0.6) is 0 Å². The van der Waals surface area contributed by atoms with Gasteiger partial charge in [-0.15, -0.1) is 0 Å². The molecule has 4 nitrogen and oxygen atoms in total. The van der Waals surface area contributed by atoms with Gasteiger partial charge in [-0.2, -0.15) is 0 Å². The van der Waals surface area contributed by atoms with Crippen LogP contribution in [0.1, 0.15) is 33.0 Å². The van der Waals surface area contributed by atoms with E-state index in [4.69, 9.17) is 28.3 Å². The maximum atomic E-state index is 12.2. The van der Waals surface area contributed by atoms with Crippen LogP contribution in [-0.2, 0) is 4.79 Å². The summed E-state index contributed by atoms with van der Waals surface area (Å²) in [6.07, 6.45) is 1.31. The van der Waals surface area contributed by atoms with Crippen molar-refractivity contribution in [1.29, 1.82) is 0 Å². The average Bonchev–Trinajstić information content (AvgIpc) is 3.12. The Bertz CT molecular complexity index is 556. The molecule has 1 fully saturated rings. The van der Waals surface area contributed by atoms with Gasteiger partial charge in [0.15, 0.2) is 0 Å². The number of carbonyl (C=O) groups is 2. The van der Waals surface area contributed by atoms with Crippen LogP contribution in [0.25, 0.3) is 0 Å². The summed E-state index contributed by atoms with van der Waals surface area (Å²) in [5.41, 5.74) is -0.396. The summed E-state index contributed by atoms with van der Waals surface area (Å²) >= 11 is 11.8. The second-order valence-corrected chi connectivity index (χ2v) is 5.56. The van der Waals surface area contributed by atoms with Gasteiger partial charge in [-0.1, -0.05) is 29.3 Å². The third-order valence-electron chi connectivity index (χ3n) is 3.55. The monoisotopic (exact) mass is 343 g/mol. The fourth-order valence-corrected chi connectivity index (χ4v) is 2.40. The van der Waals surface area contributed by atoms with Gasteiger partial charge in [-0.25, -0.2) is 0 Å². The molecule has 0 aliphatic heterocycles. The average molecular weight is 344 g/mol. The molecular weight excluding hydrogens is 329 g/mol. The summed E-state index contributed by atoms with van der Waals surface area (Å²) in [7, 11) is 0. The molecule has 106 valence electrons. The second kappa shape index (κ2) is 6.84. The van der Waals surface area contributed by atoms with E-state index in [1.165, 1.54) is 0 Å². The summed E-state index contributed by atoms with van der Waals surface area (Å²) in [6, 6.07) is 4.78. The van der Waals surface area contributed by atoms with Crippen molar-refractivity contribution in [2.24, 2.45) is 5.92 Å². The summed E-state index contributed by atoms with van der Waals surface area (Å²) in [5, 5.41) is 12.3. The number of rotatable bonds is 4. The van der Waals surface area contributed by atoms with Gasteiger partial charge in [-0.3, -0.25) is 9.59 Å². The number of nitrogens with one attached hydrogen (secondary N) is 1. The molecule has 2 N–H and O–H groups in total. The van der Waals surface area contributed by atoms with Crippen LogP contribution >= 0.6 is 23.2 Å². The van der Waals surface area contributed by atoms with Crippen LogP contribution in [0.15, 0.2) is 18.2 Å². The Labute approximate surface area is 159 Å². The van der Waals surface area contributed by atoms with Gasteiger partial charge < -0.3 is 13.3 Å². The first kappa shape index (κ1) is 18.0. The molecule has 0 radical (unpaired) electrons. The molecule has 2 rings (SSSR count). The molecule has 1 aromatic rings. The van der Waals surface area contributed by atoms with E-state index in [1.54, 1.807) is 25.1 Å². The third kappa shape index (κ3) is 3.60. The zero-order chi connectivity index (χ0) is 14.2. The van der Waals surface area contributed by atoms with Crippen LogP contribution < -0.4 is 5.32 Å². The normalized spacial score (nSPS) is 16.8. The molecular formula is C13H15CaCl2NO3. The standard InChI is InChI=1S/C13H13Cl2NO3.Ca.2H/c1-7(12(18)19)13(5-6-13)16-11(17)8-3-2-4-9(14)10(8)15;;;/h2-4,7H,5-6H2,1H3,(H,16,17)(H,18,19);;;/q;+2;2*-1. The molecule has 1 aliphatic rings. The number of halogens is 2. The second-order valence-electron chi connectivity index (χ2n) is 4.77. The minimum atomic E-state index is -0.921. The van der Waals surface area contributed by atoms with Crippen molar-refractivity contribution in [3.63, 3.8) is 0 Å². The number of hydrogen-bond donors (Lipinski definition) is 2. The smallest absolute Gasteiger partial charge is 1.00 e. The van der Waals surface area contributed by atoms with Crippen molar-refractivity contribution in [2.75, 3.05) is 0 Å². The van der Waals surface area contributed by atoms with Gasteiger partial charge in [-0.05, 0) is 31.9 Å². The molecule has 0 heterocycles. The van der Waals surface area contributed by atoms with Gasteiger partial charge in [0.1, 0.15) is 0 Å². The quantitative estimate of drug-likeness (QED) is 0.826. The number of amides is 1. The Morgan fingerprint density at radius 2 is 2.00 bits per heavy atom. The topological polar surface area (TPSA) is 66.4 Å². The van der Waals surface area contributed by atoms with Crippen molar-refractivity contribution >= 4 is 72.8 Å².